The van der Waals surface area contributed by atoms with E-state index in [0.29, 0.717) is 65.8 Å². The van der Waals surface area contributed by atoms with Crippen molar-refractivity contribution in [1.29, 1.82) is 0 Å². The van der Waals surface area contributed by atoms with Crippen LogP contribution >= 0.6 is 23.2 Å². The number of nitrogens with one attached hydrogen (secondary N) is 1. The molecule has 1 N–H and O–H groups in total. The van der Waals surface area contributed by atoms with Crippen LogP contribution in [0.3, 0.4) is 0 Å². The van der Waals surface area contributed by atoms with E-state index in [-0.39, 0.29) is 5.91 Å². The molecule has 1 aromatic heterocycles. The second kappa shape index (κ2) is 10.5. The molecule has 4 rings (SSSR count). The Bertz CT molecular complexity index is 1190. The topological polar surface area (TPSA) is 89.1 Å². The van der Waals surface area contributed by atoms with Gasteiger partial charge in [0.25, 0.3) is 0 Å². The minimum atomic E-state index is -0.398. The number of ether oxygens (including phenoxy) is 3. The van der Waals surface area contributed by atoms with Crippen LogP contribution in [0.4, 0.5) is 11.8 Å². The molecule has 3 heterocycles. The van der Waals surface area contributed by atoms with Gasteiger partial charge in [-0.1, -0.05) is 29.8 Å². The van der Waals surface area contributed by atoms with Gasteiger partial charge in [0, 0.05) is 43.5 Å². The van der Waals surface area contributed by atoms with Gasteiger partial charge in [-0.2, -0.15) is 4.98 Å². The molecule has 0 unspecified atom stereocenters. The van der Waals surface area contributed by atoms with Crippen molar-refractivity contribution in [2.45, 2.75) is 12.5 Å². The van der Waals surface area contributed by atoms with E-state index in [1.54, 1.807) is 38.4 Å². The molecule has 9 nitrogen and oxygen atoms in total. The van der Waals surface area contributed by atoms with Crippen LogP contribution in [0, 0.1) is 0 Å². The van der Waals surface area contributed by atoms with Crippen LogP contribution in [-0.2, 0) is 9.53 Å². The predicted molar refractivity (Wildman–Crippen MR) is 142 cm³/mol. The minimum Gasteiger partial charge on any atom is -0.495 e. The van der Waals surface area contributed by atoms with E-state index in [1.165, 1.54) is 6.08 Å². The Kier molecular flexibility index (Phi) is 7.63. The molecule has 11 heteroatoms. The third-order valence-electron chi connectivity index (χ3n) is 6.25. The summed E-state index contributed by atoms with van der Waals surface area (Å²) in [6.07, 6.45) is 5.05. The van der Waals surface area contributed by atoms with Crippen molar-refractivity contribution in [3.63, 3.8) is 0 Å². The van der Waals surface area contributed by atoms with Crippen LogP contribution in [0.2, 0.25) is 10.0 Å². The Hall–Kier alpha value is -3.01. The Balaban J connectivity index is 1.61. The Labute approximate surface area is 220 Å². The van der Waals surface area contributed by atoms with Crippen molar-refractivity contribution < 1.29 is 19.0 Å². The highest BCUT2D eigenvalue weighted by molar-refractivity contribution is 6.39. The summed E-state index contributed by atoms with van der Waals surface area (Å²) in [4.78, 5) is 24.6. The maximum absolute atomic E-state index is 11.8. The van der Waals surface area contributed by atoms with E-state index in [4.69, 9.17) is 37.4 Å². The molecule has 2 aromatic rings. The number of rotatable bonds is 9. The van der Waals surface area contributed by atoms with Crippen molar-refractivity contribution in [3.8, 4) is 11.5 Å². The summed E-state index contributed by atoms with van der Waals surface area (Å²) < 4.78 is 17.1. The highest BCUT2D eigenvalue weighted by atomic mass is 35.5. The number of nitrogens with zero attached hydrogens (tertiary/aromatic N) is 4. The molecule has 1 amide bonds. The average molecular weight is 534 g/mol. The normalized spacial score (nSPS) is 16.0. The molecule has 36 heavy (non-hydrogen) atoms. The third kappa shape index (κ3) is 4.96. The summed E-state index contributed by atoms with van der Waals surface area (Å²) in [6, 6.07) is 1.67. The highest BCUT2D eigenvalue weighted by Crippen LogP contribution is 2.45. The zero-order valence-corrected chi connectivity index (χ0v) is 22.2. The van der Waals surface area contributed by atoms with Gasteiger partial charge in [-0.15, -0.1) is 0 Å². The van der Waals surface area contributed by atoms with Gasteiger partial charge in [-0.3, -0.25) is 4.79 Å². The standard InChI is InChI=1S/C25H29Cl2N5O4/c1-6-19(33)32-13-25(2,14-32)36-8-7-31-12-16(9-15-11-29-24(28-3)30-23(15)31)20-21(26)17(34-4)10-18(35-5)22(20)27/h6,9-11H,1,7-8,12-14H2,2-5H3,(H,28,29,30). The first-order valence-corrected chi connectivity index (χ1v) is 12.1. The Morgan fingerprint density at radius 1 is 1.25 bits per heavy atom. The Morgan fingerprint density at radius 3 is 2.50 bits per heavy atom. The fourth-order valence-electron chi connectivity index (χ4n) is 4.41. The molecule has 2 aliphatic rings. The fraction of sp³-hybridized carbons (Fsp3) is 0.400. The van der Waals surface area contributed by atoms with E-state index in [9.17, 15) is 4.79 Å². The smallest absolute Gasteiger partial charge is 0.246 e. The lowest BCUT2D eigenvalue weighted by Gasteiger charge is -2.47. The van der Waals surface area contributed by atoms with E-state index in [0.717, 1.165) is 17.0 Å². The number of amides is 1. The van der Waals surface area contributed by atoms with Gasteiger partial charge in [0.1, 0.15) is 22.9 Å². The first-order chi connectivity index (χ1) is 17.2. The van der Waals surface area contributed by atoms with Gasteiger partial charge >= 0.3 is 0 Å². The number of anilines is 2. The maximum Gasteiger partial charge on any atom is 0.246 e. The largest absolute Gasteiger partial charge is 0.495 e. The quantitative estimate of drug-likeness (QED) is 0.483. The van der Waals surface area contributed by atoms with E-state index in [2.05, 4.69) is 26.8 Å². The lowest BCUT2D eigenvalue weighted by Crippen LogP contribution is -2.63. The van der Waals surface area contributed by atoms with Crippen LogP contribution in [0.25, 0.3) is 11.6 Å². The van der Waals surface area contributed by atoms with Crippen molar-refractivity contribution in [2.24, 2.45) is 0 Å². The fourth-order valence-corrected chi connectivity index (χ4v) is 5.16. The number of hydrogen-bond acceptors (Lipinski definition) is 8. The molecule has 0 radical (unpaired) electrons. The first-order valence-electron chi connectivity index (χ1n) is 11.4. The molecule has 0 spiro atoms. The number of halogens is 2. The molecule has 0 aliphatic carbocycles. The monoisotopic (exact) mass is 533 g/mol. The molecule has 1 saturated heterocycles. The van der Waals surface area contributed by atoms with Crippen LogP contribution in [-0.4, -0.2) is 80.4 Å². The lowest BCUT2D eigenvalue weighted by atomic mass is 9.96. The molecule has 2 aliphatic heterocycles. The summed E-state index contributed by atoms with van der Waals surface area (Å²) in [6.45, 7) is 8.05. The van der Waals surface area contributed by atoms with Crippen LogP contribution in [0.15, 0.2) is 24.9 Å². The number of aromatic nitrogens is 2. The van der Waals surface area contributed by atoms with Crippen molar-refractivity contribution >= 4 is 52.5 Å². The minimum absolute atomic E-state index is 0.0884. The first kappa shape index (κ1) is 26.1. The van der Waals surface area contributed by atoms with Gasteiger partial charge < -0.3 is 29.3 Å². The molecule has 192 valence electrons. The SMILES string of the molecule is C=CC(=O)N1CC(C)(OCCN2CC(c3c(Cl)c(OC)cc(OC)c3Cl)=Cc3cnc(NC)nc32)C1. The summed E-state index contributed by atoms with van der Waals surface area (Å²) in [5.41, 5.74) is 1.92. The highest BCUT2D eigenvalue weighted by Gasteiger charge is 2.41. The number of carbonyl (C=O) groups excluding carboxylic acids is 1. The molecule has 0 bridgehead atoms. The number of likely N-dealkylation sites (tertiary alicyclic amines) is 1. The zero-order valence-electron chi connectivity index (χ0n) is 20.7. The van der Waals surface area contributed by atoms with Crippen molar-refractivity contribution in [1.82, 2.24) is 14.9 Å². The van der Waals surface area contributed by atoms with Gasteiger partial charge in [0.15, 0.2) is 0 Å². The van der Waals surface area contributed by atoms with E-state index in [1.807, 2.05) is 13.0 Å². The van der Waals surface area contributed by atoms with Gasteiger partial charge in [0.2, 0.25) is 11.9 Å². The van der Waals surface area contributed by atoms with E-state index >= 15 is 0 Å². The van der Waals surface area contributed by atoms with Crippen molar-refractivity contribution in [3.05, 3.63) is 46.1 Å². The number of carbonyl (C=O) groups is 1. The summed E-state index contributed by atoms with van der Waals surface area (Å²) in [5, 5.41) is 3.78. The second-order valence-electron chi connectivity index (χ2n) is 8.79. The molecule has 1 fully saturated rings. The second-order valence-corrected chi connectivity index (χ2v) is 9.55. The average Bonchev–Trinajstić information content (AvgIpc) is 2.86. The number of fused-ring (bicyclic) bond motifs is 1. The summed E-state index contributed by atoms with van der Waals surface area (Å²) in [5.74, 6) is 2.13. The summed E-state index contributed by atoms with van der Waals surface area (Å²) >= 11 is 13.4. The van der Waals surface area contributed by atoms with Gasteiger partial charge in [-0.25, -0.2) is 4.98 Å². The van der Waals surface area contributed by atoms with Crippen LogP contribution in [0.5, 0.6) is 11.5 Å². The third-order valence-corrected chi connectivity index (χ3v) is 7.00. The lowest BCUT2D eigenvalue weighted by molar-refractivity contribution is -0.158. The number of benzene rings is 1. The van der Waals surface area contributed by atoms with Crippen LogP contribution in [0.1, 0.15) is 18.1 Å². The van der Waals surface area contributed by atoms with Crippen molar-refractivity contribution in [2.75, 3.05) is 64.3 Å². The van der Waals surface area contributed by atoms with E-state index < -0.39 is 5.60 Å². The van der Waals surface area contributed by atoms with Gasteiger partial charge in [0.05, 0.1) is 44.0 Å². The number of methoxy groups -OCH3 is 2. The predicted octanol–water partition coefficient (Wildman–Crippen LogP) is 4.01. The molecule has 1 aromatic carbocycles. The maximum atomic E-state index is 11.8. The molecule has 0 saturated carbocycles. The zero-order chi connectivity index (χ0) is 26.0. The molecular formula is C25H29Cl2N5O4. The Morgan fingerprint density at radius 2 is 1.92 bits per heavy atom. The molecular weight excluding hydrogens is 505 g/mol. The van der Waals surface area contributed by atoms with Gasteiger partial charge in [-0.05, 0) is 24.6 Å². The summed E-state index contributed by atoms with van der Waals surface area (Å²) in [7, 11) is 4.87. The molecule has 0 atom stereocenters. The van der Waals surface area contributed by atoms with Crippen LogP contribution < -0.4 is 19.7 Å². The number of hydrogen-bond donors (Lipinski definition) is 1.